The van der Waals surface area contributed by atoms with Crippen LogP contribution in [0, 0.1) is 11.3 Å². The first-order valence-electron chi connectivity index (χ1n) is 8.74. The number of nitrogens with zero attached hydrogens (tertiary/aromatic N) is 1. The molecule has 1 heterocycles. The van der Waals surface area contributed by atoms with Crippen molar-refractivity contribution in [3.63, 3.8) is 0 Å². The van der Waals surface area contributed by atoms with Crippen LogP contribution in [0.5, 0.6) is 0 Å². The number of aliphatic hydroxyl groups excluding tert-OH is 1. The third-order valence-electron chi connectivity index (χ3n) is 5.42. The van der Waals surface area contributed by atoms with Crippen LogP contribution >= 0.6 is 0 Å². The first-order valence-corrected chi connectivity index (χ1v) is 8.74. The minimum atomic E-state index is 0.322. The Labute approximate surface area is 130 Å². The summed E-state index contributed by atoms with van der Waals surface area (Å²) in [5.74, 6) is 0.832. The van der Waals surface area contributed by atoms with E-state index in [1.54, 1.807) is 7.11 Å². The fourth-order valence-electron chi connectivity index (χ4n) is 4.40. The van der Waals surface area contributed by atoms with Crippen molar-refractivity contribution < 1.29 is 9.84 Å². The number of likely N-dealkylation sites (tertiary alicyclic amines) is 1. The summed E-state index contributed by atoms with van der Waals surface area (Å²) in [7, 11) is 1.76. The van der Waals surface area contributed by atoms with Gasteiger partial charge < -0.3 is 15.2 Å². The molecule has 2 rings (SSSR count). The minimum absolute atomic E-state index is 0.322. The third kappa shape index (κ3) is 4.92. The van der Waals surface area contributed by atoms with Crippen LogP contribution in [0.1, 0.15) is 45.4 Å². The second kappa shape index (κ2) is 8.47. The van der Waals surface area contributed by atoms with Crippen molar-refractivity contribution in [3.8, 4) is 0 Å². The number of ether oxygens (including phenoxy) is 1. The zero-order valence-corrected chi connectivity index (χ0v) is 13.9. The van der Waals surface area contributed by atoms with E-state index in [0.29, 0.717) is 18.1 Å². The molecule has 2 N–H and O–H groups in total. The van der Waals surface area contributed by atoms with Gasteiger partial charge in [-0.05, 0) is 43.6 Å². The summed E-state index contributed by atoms with van der Waals surface area (Å²) in [6.07, 6.45) is 7.79. The van der Waals surface area contributed by atoms with Crippen molar-refractivity contribution in [2.75, 3.05) is 46.5 Å². The predicted molar refractivity (Wildman–Crippen MR) is 86.5 cm³/mol. The second-order valence-corrected chi connectivity index (χ2v) is 7.32. The van der Waals surface area contributed by atoms with Gasteiger partial charge in [-0.15, -0.1) is 0 Å². The average Bonchev–Trinajstić information content (AvgIpc) is 2.90. The van der Waals surface area contributed by atoms with Gasteiger partial charge in [0.2, 0.25) is 0 Å². The van der Waals surface area contributed by atoms with Crippen molar-refractivity contribution in [3.05, 3.63) is 0 Å². The number of aliphatic hydroxyl groups is 1. The van der Waals surface area contributed by atoms with Gasteiger partial charge in [-0.3, -0.25) is 4.90 Å². The van der Waals surface area contributed by atoms with E-state index in [0.717, 1.165) is 32.2 Å². The number of rotatable bonds is 8. The Hall–Kier alpha value is -0.160. The highest BCUT2D eigenvalue weighted by Crippen LogP contribution is 2.40. The Kier molecular flexibility index (Phi) is 6.93. The van der Waals surface area contributed by atoms with E-state index < -0.39 is 0 Å². The average molecular weight is 298 g/mol. The first kappa shape index (κ1) is 17.2. The molecule has 0 amide bonds. The molecule has 124 valence electrons. The van der Waals surface area contributed by atoms with Gasteiger partial charge in [-0.25, -0.2) is 0 Å². The zero-order valence-electron chi connectivity index (χ0n) is 13.9. The molecule has 0 aromatic rings. The van der Waals surface area contributed by atoms with E-state index in [1.807, 2.05) is 0 Å². The molecule has 4 heteroatoms. The normalized spacial score (nSPS) is 34.4. The lowest BCUT2D eigenvalue weighted by molar-refractivity contribution is 0.0571. The van der Waals surface area contributed by atoms with Gasteiger partial charge in [-0.1, -0.05) is 19.8 Å². The van der Waals surface area contributed by atoms with Gasteiger partial charge in [0.1, 0.15) is 0 Å². The number of hydrogen-bond donors (Lipinski definition) is 2. The molecule has 21 heavy (non-hydrogen) atoms. The van der Waals surface area contributed by atoms with Crippen LogP contribution in [-0.2, 0) is 4.74 Å². The quantitative estimate of drug-likeness (QED) is 0.672. The number of methoxy groups -OCH3 is 1. The fourth-order valence-corrected chi connectivity index (χ4v) is 4.40. The van der Waals surface area contributed by atoms with Crippen LogP contribution in [-0.4, -0.2) is 62.6 Å². The Morgan fingerprint density at radius 3 is 2.90 bits per heavy atom. The monoisotopic (exact) mass is 298 g/mol. The molecule has 4 nitrogen and oxygen atoms in total. The molecule has 1 saturated heterocycles. The van der Waals surface area contributed by atoms with Gasteiger partial charge in [0.05, 0.1) is 13.2 Å². The third-order valence-corrected chi connectivity index (χ3v) is 5.42. The van der Waals surface area contributed by atoms with Gasteiger partial charge in [0.15, 0.2) is 0 Å². The molecule has 0 aromatic carbocycles. The van der Waals surface area contributed by atoms with Crippen LogP contribution in [0.2, 0.25) is 0 Å². The highest BCUT2D eigenvalue weighted by atomic mass is 16.5. The molecule has 3 unspecified atom stereocenters. The zero-order chi connectivity index (χ0) is 15.1. The molecule has 0 spiro atoms. The maximum atomic E-state index is 9.57. The lowest BCUT2D eigenvalue weighted by Crippen LogP contribution is -2.49. The van der Waals surface area contributed by atoms with Gasteiger partial charge in [0, 0.05) is 32.8 Å². The van der Waals surface area contributed by atoms with Crippen LogP contribution in [0.4, 0.5) is 0 Å². The van der Waals surface area contributed by atoms with Crippen molar-refractivity contribution in [2.24, 2.45) is 11.3 Å². The Morgan fingerprint density at radius 2 is 2.19 bits per heavy atom. The lowest BCUT2D eigenvalue weighted by atomic mass is 9.69. The van der Waals surface area contributed by atoms with E-state index in [2.05, 4.69) is 17.1 Å². The van der Waals surface area contributed by atoms with Crippen LogP contribution in [0.25, 0.3) is 0 Å². The Bertz CT molecular complexity index is 301. The van der Waals surface area contributed by atoms with E-state index in [1.165, 1.54) is 45.1 Å². The maximum absolute atomic E-state index is 9.57. The van der Waals surface area contributed by atoms with Crippen LogP contribution < -0.4 is 5.32 Å². The summed E-state index contributed by atoms with van der Waals surface area (Å²) < 4.78 is 5.15. The predicted octanol–water partition coefficient (Wildman–Crippen LogP) is 1.88. The molecule has 1 saturated carbocycles. The number of hydrogen-bond acceptors (Lipinski definition) is 4. The van der Waals surface area contributed by atoms with E-state index >= 15 is 0 Å². The summed E-state index contributed by atoms with van der Waals surface area (Å²) in [4.78, 5) is 2.55. The second-order valence-electron chi connectivity index (χ2n) is 7.32. The van der Waals surface area contributed by atoms with Crippen LogP contribution in [0.15, 0.2) is 0 Å². The molecule has 0 bridgehead atoms. The number of nitrogens with one attached hydrogen (secondary N) is 1. The SMILES string of the molecule is COCCNCC1(CN2CCCC2CO)CCCC(C)C1. The molecule has 0 radical (unpaired) electrons. The molecule has 0 aromatic heterocycles. The molecule has 1 aliphatic heterocycles. The standard InChI is InChI=1S/C17H34N2O2/c1-15-5-3-7-17(11-15,13-18-8-10-21-2)14-19-9-4-6-16(19)12-20/h15-16,18,20H,3-14H2,1-2H3. The van der Waals surface area contributed by atoms with Crippen LogP contribution in [0.3, 0.4) is 0 Å². The Balaban J connectivity index is 1.94. The molecule has 1 aliphatic carbocycles. The minimum Gasteiger partial charge on any atom is -0.395 e. The molecule has 2 aliphatic rings. The first-order chi connectivity index (χ1) is 10.2. The smallest absolute Gasteiger partial charge is 0.0587 e. The lowest BCUT2D eigenvalue weighted by Gasteiger charge is -2.44. The van der Waals surface area contributed by atoms with Crippen molar-refractivity contribution in [1.29, 1.82) is 0 Å². The van der Waals surface area contributed by atoms with E-state index in [4.69, 9.17) is 4.74 Å². The van der Waals surface area contributed by atoms with E-state index in [-0.39, 0.29) is 0 Å². The van der Waals surface area contributed by atoms with Gasteiger partial charge >= 0.3 is 0 Å². The maximum Gasteiger partial charge on any atom is 0.0587 e. The van der Waals surface area contributed by atoms with Gasteiger partial charge in [-0.2, -0.15) is 0 Å². The summed E-state index contributed by atoms with van der Waals surface area (Å²) in [5.41, 5.74) is 0.392. The summed E-state index contributed by atoms with van der Waals surface area (Å²) in [6, 6.07) is 0.401. The van der Waals surface area contributed by atoms with Gasteiger partial charge in [0.25, 0.3) is 0 Å². The Morgan fingerprint density at radius 1 is 1.33 bits per heavy atom. The van der Waals surface area contributed by atoms with E-state index in [9.17, 15) is 5.11 Å². The highest BCUT2D eigenvalue weighted by molar-refractivity contribution is 4.92. The fraction of sp³-hybridized carbons (Fsp3) is 1.00. The summed E-state index contributed by atoms with van der Waals surface area (Å²) in [5, 5.41) is 13.2. The highest BCUT2D eigenvalue weighted by Gasteiger charge is 2.38. The molecular formula is C17H34N2O2. The van der Waals surface area contributed by atoms with Crippen molar-refractivity contribution in [2.45, 2.75) is 51.5 Å². The largest absolute Gasteiger partial charge is 0.395 e. The summed E-state index contributed by atoms with van der Waals surface area (Å²) >= 11 is 0. The molecular weight excluding hydrogens is 264 g/mol. The van der Waals surface area contributed by atoms with Crippen molar-refractivity contribution in [1.82, 2.24) is 10.2 Å². The topological polar surface area (TPSA) is 44.7 Å². The van der Waals surface area contributed by atoms with Crippen molar-refractivity contribution >= 4 is 0 Å². The summed E-state index contributed by atoms with van der Waals surface area (Å²) in [6.45, 7) is 7.86. The molecule has 2 fully saturated rings. The molecule has 3 atom stereocenters.